The van der Waals surface area contributed by atoms with E-state index in [0.717, 1.165) is 44.9 Å². The zero-order valence-electron chi connectivity index (χ0n) is 16.5. The van der Waals surface area contributed by atoms with Gasteiger partial charge in [0.1, 0.15) is 0 Å². The lowest BCUT2D eigenvalue weighted by molar-refractivity contribution is -0.143. The molecule has 168 valence electrons. The predicted molar refractivity (Wildman–Crippen MR) is 103 cm³/mol. The minimum Gasteiger partial charge on any atom is -0.343 e. The summed E-state index contributed by atoms with van der Waals surface area (Å²) in [6.07, 6.45) is -3.53. The van der Waals surface area contributed by atoms with Crippen LogP contribution in [-0.2, 0) is 12.4 Å². The molecule has 3 rings (SSSR count). The van der Waals surface area contributed by atoms with E-state index >= 15 is 0 Å². The molecule has 1 aromatic carbocycles. The van der Waals surface area contributed by atoms with Crippen LogP contribution in [0.2, 0.25) is 0 Å². The molecule has 0 unspecified atom stereocenters. The fourth-order valence-corrected chi connectivity index (χ4v) is 3.91. The average Bonchev–Trinajstić information content (AvgIpc) is 2.68. The van der Waals surface area contributed by atoms with Crippen molar-refractivity contribution in [2.24, 2.45) is 10.7 Å². The highest BCUT2D eigenvalue weighted by Gasteiger charge is 2.37. The van der Waals surface area contributed by atoms with E-state index in [1.807, 2.05) is 4.90 Å². The van der Waals surface area contributed by atoms with E-state index in [4.69, 9.17) is 5.73 Å². The number of benzene rings is 1. The summed E-state index contributed by atoms with van der Waals surface area (Å²) in [6, 6.07) is 1.12. The second kappa shape index (κ2) is 9.03. The van der Waals surface area contributed by atoms with Gasteiger partial charge < -0.3 is 16.0 Å². The first-order valence-electron chi connectivity index (χ1n) is 10.2. The molecule has 1 aliphatic heterocycles. The maximum atomic E-state index is 13.2. The summed E-state index contributed by atoms with van der Waals surface area (Å²) in [7, 11) is 0. The zero-order valence-corrected chi connectivity index (χ0v) is 16.5. The highest BCUT2D eigenvalue weighted by molar-refractivity contribution is 5.94. The summed E-state index contributed by atoms with van der Waals surface area (Å²) in [5.74, 6) is 0.296. The van der Waals surface area contributed by atoms with Crippen molar-refractivity contribution in [2.45, 2.75) is 69.4 Å². The van der Waals surface area contributed by atoms with Gasteiger partial charge in [0.15, 0.2) is 5.96 Å². The Kier molecular flexibility index (Phi) is 6.84. The molecule has 2 aliphatic rings. The summed E-state index contributed by atoms with van der Waals surface area (Å²) >= 11 is 0. The van der Waals surface area contributed by atoms with Crippen molar-refractivity contribution in [3.05, 3.63) is 29.3 Å². The number of piperidine rings is 1. The predicted octanol–water partition coefficient (Wildman–Crippen LogP) is 5.25. The maximum absolute atomic E-state index is 13.2. The fraction of sp³-hybridized carbons (Fsp3) is 0.650. The highest BCUT2D eigenvalue weighted by atomic mass is 19.4. The Morgan fingerprint density at radius 1 is 0.867 bits per heavy atom. The van der Waals surface area contributed by atoms with Crippen molar-refractivity contribution >= 4 is 11.6 Å². The van der Waals surface area contributed by atoms with Crippen LogP contribution < -0.4 is 11.1 Å². The number of nitrogens with two attached hydrogens (primary N) is 1. The summed E-state index contributed by atoms with van der Waals surface area (Å²) in [6.45, 7) is 1.28. The lowest BCUT2D eigenvalue weighted by atomic mass is 9.91. The molecule has 30 heavy (non-hydrogen) atoms. The Morgan fingerprint density at radius 3 is 1.97 bits per heavy atom. The van der Waals surface area contributed by atoms with Gasteiger partial charge in [-0.25, -0.2) is 4.99 Å². The van der Waals surface area contributed by atoms with Crippen LogP contribution in [0.5, 0.6) is 0 Å². The monoisotopic (exact) mass is 436 g/mol. The minimum atomic E-state index is -4.90. The van der Waals surface area contributed by atoms with Gasteiger partial charge in [0, 0.05) is 24.8 Å². The first-order chi connectivity index (χ1) is 14.0. The molecule has 1 heterocycles. The summed E-state index contributed by atoms with van der Waals surface area (Å²) in [4.78, 5) is 6.55. The number of alkyl halides is 6. The lowest BCUT2D eigenvalue weighted by Gasteiger charge is -2.33. The van der Waals surface area contributed by atoms with Gasteiger partial charge in [-0.15, -0.1) is 0 Å². The van der Waals surface area contributed by atoms with Gasteiger partial charge in [0.2, 0.25) is 0 Å². The van der Waals surface area contributed by atoms with Crippen molar-refractivity contribution in [1.82, 2.24) is 4.90 Å². The number of rotatable bonds is 2. The van der Waals surface area contributed by atoms with Crippen molar-refractivity contribution in [3.63, 3.8) is 0 Å². The molecular formula is C20H26F6N4. The van der Waals surface area contributed by atoms with Crippen LogP contribution in [0.25, 0.3) is 0 Å². The van der Waals surface area contributed by atoms with Crippen molar-refractivity contribution in [2.75, 3.05) is 18.4 Å². The first kappa shape index (κ1) is 22.7. The van der Waals surface area contributed by atoms with Gasteiger partial charge >= 0.3 is 12.4 Å². The summed E-state index contributed by atoms with van der Waals surface area (Å²) in [5.41, 5.74) is 3.17. The molecule has 1 saturated heterocycles. The standard InChI is InChI=1S/C20H26F6N4/c21-19(22,23)13-10-14(20(24,25)26)12-15(11-13)28-18(30-8-4-1-5-9-30)29-17-7-3-2-6-16(17)27/h10-12,16-17H,1-9,27H2,(H,28,29)/t16-,17-/m0/s1. The highest BCUT2D eigenvalue weighted by Crippen LogP contribution is 2.37. The molecule has 1 aromatic rings. The van der Waals surface area contributed by atoms with Gasteiger partial charge in [-0.1, -0.05) is 12.8 Å². The van der Waals surface area contributed by atoms with Crippen LogP contribution in [0.4, 0.5) is 32.0 Å². The van der Waals surface area contributed by atoms with E-state index in [9.17, 15) is 26.3 Å². The minimum absolute atomic E-state index is 0.125. The number of nitrogens with zero attached hydrogens (tertiary/aromatic N) is 2. The van der Waals surface area contributed by atoms with Crippen LogP contribution in [-0.4, -0.2) is 36.0 Å². The molecule has 10 heteroatoms. The number of halogens is 6. The number of aliphatic imine (C=N–C) groups is 1. The third-order valence-electron chi connectivity index (χ3n) is 5.57. The molecule has 4 nitrogen and oxygen atoms in total. The molecule has 0 amide bonds. The number of likely N-dealkylation sites (tertiary alicyclic amines) is 1. The van der Waals surface area contributed by atoms with E-state index in [2.05, 4.69) is 10.3 Å². The SMILES string of the molecule is N[C@H]1CCCC[C@@H]1N=C(Nc1cc(C(F)(F)F)cc(C(F)(F)F)c1)N1CCCCC1. The van der Waals surface area contributed by atoms with E-state index < -0.39 is 23.5 Å². The number of guanidine groups is 1. The molecule has 2 atom stereocenters. The van der Waals surface area contributed by atoms with Crippen molar-refractivity contribution < 1.29 is 26.3 Å². The van der Waals surface area contributed by atoms with Crippen LogP contribution >= 0.6 is 0 Å². The summed E-state index contributed by atoms with van der Waals surface area (Å²) in [5, 5.41) is 2.76. The molecule has 0 bridgehead atoms. The Hall–Kier alpha value is -1.97. The van der Waals surface area contributed by atoms with E-state index in [0.29, 0.717) is 31.2 Å². The van der Waals surface area contributed by atoms with E-state index in [1.165, 1.54) is 0 Å². The van der Waals surface area contributed by atoms with Crippen LogP contribution in [0.15, 0.2) is 23.2 Å². The Morgan fingerprint density at radius 2 is 1.43 bits per heavy atom. The van der Waals surface area contributed by atoms with Crippen LogP contribution in [0.1, 0.15) is 56.1 Å². The molecule has 1 saturated carbocycles. The second-order valence-electron chi connectivity index (χ2n) is 7.94. The quantitative estimate of drug-likeness (QED) is 0.378. The van der Waals surface area contributed by atoms with Crippen LogP contribution in [0, 0.1) is 0 Å². The normalized spacial score (nSPS) is 24.1. The van der Waals surface area contributed by atoms with E-state index in [-0.39, 0.29) is 23.8 Å². The first-order valence-corrected chi connectivity index (χ1v) is 10.2. The lowest BCUT2D eigenvalue weighted by Crippen LogP contribution is -2.44. The topological polar surface area (TPSA) is 53.6 Å². The number of anilines is 1. The smallest absolute Gasteiger partial charge is 0.343 e. The second-order valence-corrected chi connectivity index (χ2v) is 7.94. The average molecular weight is 436 g/mol. The number of nitrogens with one attached hydrogen (secondary N) is 1. The molecular weight excluding hydrogens is 410 g/mol. The maximum Gasteiger partial charge on any atom is 0.416 e. The number of hydrogen-bond acceptors (Lipinski definition) is 2. The fourth-order valence-electron chi connectivity index (χ4n) is 3.91. The van der Waals surface area contributed by atoms with Gasteiger partial charge in [-0.2, -0.15) is 26.3 Å². The van der Waals surface area contributed by atoms with Gasteiger partial charge in [-0.3, -0.25) is 0 Å². The molecule has 1 aliphatic carbocycles. The number of hydrogen-bond donors (Lipinski definition) is 2. The molecule has 2 fully saturated rings. The summed E-state index contributed by atoms with van der Waals surface area (Å²) < 4.78 is 79.2. The zero-order chi connectivity index (χ0) is 21.9. The Balaban J connectivity index is 1.96. The molecule has 0 spiro atoms. The third-order valence-corrected chi connectivity index (χ3v) is 5.57. The van der Waals surface area contributed by atoms with E-state index in [1.54, 1.807) is 0 Å². The Bertz CT molecular complexity index is 720. The molecule has 0 aromatic heterocycles. The van der Waals surface area contributed by atoms with Gasteiger partial charge in [-0.05, 0) is 50.3 Å². The van der Waals surface area contributed by atoms with Gasteiger partial charge in [0.05, 0.1) is 17.2 Å². The van der Waals surface area contributed by atoms with Gasteiger partial charge in [0.25, 0.3) is 0 Å². The third kappa shape index (κ3) is 5.80. The molecule has 0 radical (unpaired) electrons. The van der Waals surface area contributed by atoms with Crippen molar-refractivity contribution in [1.29, 1.82) is 0 Å². The molecule has 3 N–H and O–H groups in total. The van der Waals surface area contributed by atoms with Crippen LogP contribution in [0.3, 0.4) is 0 Å². The Labute approximate surface area is 171 Å². The van der Waals surface area contributed by atoms with Crippen molar-refractivity contribution in [3.8, 4) is 0 Å². The largest absolute Gasteiger partial charge is 0.416 e.